The van der Waals surface area contributed by atoms with Crippen LogP contribution in [0.15, 0.2) is 48.5 Å². The van der Waals surface area contributed by atoms with Gasteiger partial charge in [-0.25, -0.2) is 0 Å². The minimum absolute atomic E-state index is 0.0663. The van der Waals surface area contributed by atoms with Crippen molar-refractivity contribution >= 4 is 5.78 Å². The normalized spacial score (nSPS) is 11.3. The molecule has 0 aliphatic carbocycles. The molecule has 21 heavy (non-hydrogen) atoms. The van der Waals surface area contributed by atoms with Crippen molar-refractivity contribution in [3.8, 4) is 11.5 Å². The third kappa shape index (κ3) is 2.74. The molecule has 2 aromatic carbocycles. The molecule has 0 amide bonds. The van der Waals surface area contributed by atoms with Crippen LogP contribution in [0.4, 0.5) is 0 Å². The van der Waals surface area contributed by atoms with Crippen LogP contribution in [0.3, 0.4) is 0 Å². The fourth-order valence-corrected chi connectivity index (χ4v) is 2.12. The van der Waals surface area contributed by atoms with Crippen LogP contribution in [-0.2, 0) is 15.3 Å². The van der Waals surface area contributed by atoms with Crippen molar-refractivity contribution in [3.05, 3.63) is 59.7 Å². The van der Waals surface area contributed by atoms with Crippen LogP contribution in [-0.4, -0.2) is 30.2 Å². The number of phenolic OH excluding ortho intramolecular Hbond substituents is 2. The molecule has 0 heterocycles. The van der Waals surface area contributed by atoms with Crippen LogP contribution in [0.2, 0.25) is 0 Å². The van der Waals surface area contributed by atoms with E-state index in [1.165, 1.54) is 50.6 Å². The first-order valence-corrected chi connectivity index (χ1v) is 6.27. The molecule has 0 aliphatic rings. The van der Waals surface area contributed by atoms with Gasteiger partial charge in [0.2, 0.25) is 5.78 Å². The quantitative estimate of drug-likeness (QED) is 0.653. The Labute approximate surface area is 122 Å². The summed E-state index contributed by atoms with van der Waals surface area (Å²) in [7, 11) is 2.74. The lowest BCUT2D eigenvalue weighted by atomic mass is 9.95. The highest BCUT2D eigenvalue weighted by Crippen LogP contribution is 2.31. The average molecular weight is 288 g/mol. The number of methoxy groups -OCH3 is 2. The molecular weight excluding hydrogens is 272 g/mol. The monoisotopic (exact) mass is 288 g/mol. The lowest BCUT2D eigenvalue weighted by Gasteiger charge is -2.29. The second-order valence-electron chi connectivity index (χ2n) is 4.45. The maximum Gasteiger partial charge on any atom is 0.260 e. The van der Waals surface area contributed by atoms with Crippen LogP contribution < -0.4 is 0 Å². The third-order valence-electron chi connectivity index (χ3n) is 3.25. The molecule has 110 valence electrons. The van der Waals surface area contributed by atoms with Gasteiger partial charge >= 0.3 is 0 Å². The third-order valence-corrected chi connectivity index (χ3v) is 3.25. The van der Waals surface area contributed by atoms with E-state index in [1.54, 1.807) is 12.1 Å². The Morgan fingerprint density at radius 2 is 1.29 bits per heavy atom. The van der Waals surface area contributed by atoms with E-state index >= 15 is 0 Å². The Morgan fingerprint density at radius 3 is 1.71 bits per heavy atom. The molecule has 0 radical (unpaired) electrons. The molecule has 5 nitrogen and oxygen atoms in total. The molecule has 0 aliphatic heterocycles. The summed E-state index contributed by atoms with van der Waals surface area (Å²) < 4.78 is 10.7. The SMILES string of the molecule is COC(OC)(C(=O)c1ccc(O)cc1)c1ccc(O)cc1. The largest absolute Gasteiger partial charge is 0.508 e. The summed E-state index contributed by atoms with van der Waals surface area (Å²) >= 11 is 0. The standard InChI is InChI=1S/C16H16O5/c1-20-16(21-2,12-5-9-14(18)10-6-12)15(19)11-3-7-13(17)8-4-11/h3-10,17-18H,1-2H3. The van der Waals surface area contributed by atoms with Gasteiger partial charge in [0.1, 0.15) is 11.5 Å². The van der Waals surface area contributed by atoms with Crippen molar-refractivity contribution in [1.29, 1.82) is 0 Å². The van der Waals surface area contributed by atoms with E-state index < -0.39 is 11.6 Å². The highest BCUT2D eigenvalue weighted by atomic mass is 16.7. The molecule has 0 bridgehead atoms. The number of carbonyl (C=O) groups is 1. The average Bonchev–Trinajstić information content (AvgIpc) is 2.51. The zero-order valence-electron chi connectivity index (χ0n) is 11.7. The van der Waals surface area contributed by atoms with Gasteiger partial charge in [0, 0.05) is 25.3 Å². The van der Waals surface area contributed by atoms with Crippen LogP contribution >= 0.6 is 0 Å². The lowest BCUT2D eigenvalue weighted by Crippen LogP contribution is -2.39. The molecule has 2 aromatic rings. The minimum atomic E-state index is -1.61. The van der Waals surface area contributed by atoms with Crippen molar-refractivity contribution in [2.45, 2.75) is 5.79 Å². The zero-order chi connectivity index (χ0) is 15.5. The van der Waals surface area contributed by atoms with Gasteiger partial charge in [0.25, 0.3) is 5.79 Å². The minimum Gasteiger partial charge on any atom is -0.508 e. The van der Waals surface area contributed by atoms with Crippen molar-refractivity contribution in [1.82, 2.24) is 0 Å². The molecule has 0 fully saturated rings. The number of carbonyl (C=O) groups excluding carboxylic acids is 1. The fourth-order valence-electron chi connectivity index (χ4n) is 2.12. The molecule has 5 heteroatoms. The second kappa shape index (κ2) is 5.95. The number of rotatable bonds is 5. The van der Waals surface area contributed by atoms with E-state index in [1.807, 2.05) is 0 Å². The van der Waals surface area contributed by atoms with E-state index in [4.69, 9.17) is 9.47 Å². The van der Waals surface area contributed by atoms with Crippen LogP contribution in [0.25, 0.3) is 0 Å². The van der Waals surface area contributed by atoms with Gasteiger partial charge in [-0.1, -0.05) is 0 Å². The van der Waals surface area contributed by atoms with Gasteiger partial charge in [-0.15, -0.1) is 0 Å². The summed E-state index contributed by atoms with van der Waals surface area (Å²) in [5, 5.41) is 18.7. The number of aromatic hydroxyl groups is 2. The number of phenols is 2. The van der Waals surface area contributed by atoms with Gasteiger partial charge in [0.05, 0.1) is 0 Å². The summed E-state index contributed by atoms with van der Waals surface area (Å²) in [4.78, 5) is 12.7. The molecule has 2 rings (SSSR count). The topological polar surface area (TPSA) is 76.0 Å². The molecule has 0 unspecified atom stereocenters. The van der Waals surface area contributed by atoms with E-state index in [0.29, 0.717) is 11.1 Å². The molecular formula is C16H16O5. The summed E-state index contributed by atoms with van der Waals surface area (Å²) in [5.41, 5.74) is 0.799. The molecule has 2 N–H and O–H groups in total. The number of benzene rings is 2. The van der Waals surface area contributed by atoms with Crippen molar-refractivity contribution < 1.29 is 24.5 Å². The van der Waals surface area contributed by atoms with E-state index in [2.05, 4.69) is 0 Å². The molecule has 0 aromatic heterocycles. The Bertz CT molecular complexity index is 612. The Morgan fingerprint density at radius 1 is 0.857 bits per heavy atom. The zero-order valence-corrected chi connectivity index (χ0v) is 11.7. The van der Waals surface area contributed by atoms with Gasteiger partial charge in [-0.3, -0.25) is 4.79 Å². The van der Waals surface area contributed by atoms with Crippen molar-refractivity contribution in [3.63, 3.8) is 0 Å². The Hall–Kier alpha value is -2.37. The van der Waals surface area contributed by atoms with Gasteiger partial charge in [-0.2, -0.15) is 0 Å². The lowest BCUT2D eigenvalue weighted by molar-refractivity contribution is -0.176. The molecule has 0 spiro atoms. The van der Waals surface area contributed by atoms with E-state index in [-0.39, 0.29) is 11.5 Å². The van der Waals surface area contributed by atoms with E-state index in [0.717, 1.165) is 0 Å². The van der Waals surface area contributed by atoms with Gasteiger partial charge < -0.3 is 19.7 Å². The van der Waals surface area contributed by atoms with Crippen LogP contribution in [0, 0.1) is 0 Å². The van der Waals surface area contributed by atoms with Crippen LogP contribution in [0.1, 0.15) is 15.9 Å². The predicted molar refractivity (Wildman–Crippen MR) is 76.2 cm³/mol. The summed E-state index contributed by atoms with van der Waals surface area (Å²) in [6.45, 7) is 0. The first-order valence-electron chi connectivity index (χ1n) is 6.27. The summed E-state index contributed by atoms with van der Waals surface area (Å²) in [6, 6.07) is 11.8. The van der Waals surface area contributed by atoms with Gasteiger partial charge in [-0.05, 0) is 48.5 Å². The number of hydrogen-bond donors (Lipinski definition) is 2. The number of ether oxygens (including phenoxy) is 2. The van der Waals surface area contributed by atoms with Crippen molar-refractivity contribution in [2.75, 3.05) is 14.2 Å². The fraction of sp³-hybridized carbons (Fsp3) is 0.188. The molecule has 0 saturated carbocycles. The predicted octanol–water partition coefficient (Wildman–Crippen LogP) is 2.43. The Kier molecular flexibility index (Phi) is 4.26. The van der Waals surface area contributed by atoms with Crippen molar-refractivity contribution in [2.24, 2.45) is 0 Å². The first-order chi connectivity index (χ1) is 10.0. The highest BCUT2D eigenvalue weighted by Gasteiger charge is 2.41. The number of Topliss-reactive ketones (excluding diaryl/α,β-unsaturated/α-hetero) is 1. The molecule has 0 atom stereocenters. The number of hydrogen-bond acceptors (Lipinski definition) is 5. The number of ketones is 1. The molecule has 0 saturated heterocycles. The Balaban J connectivity index is 2.48. The van der Waals surface area contributed by atoms with Gasteiger partial charge in [0.15, 0.2) is 0 Å². The first kappa shape index (κ1) is 15.0. The van der Waals surface area contributed by atoms with Crippen LogP contribution in [0.5, 0.6) is 11.5 Å². The smallest absolute Gasteiger partial charge is 0.260 e. The van der Waals surface area contributed by atoms with E-state index in [9.17, 15) is 15.0 Å². The second-order valence-corrected chi connectivity index (χ2v) is 4.45. The maximum absolute atomic E-state index is 12.7. The summed E-state index contributed by atoms with van der Waals surface area (Å²) in [5.74, 6) is -1.86. The maximum atomic E-state index is 12.7. The highest BCUT2D eigenvalue weighted by molar-refractivity contribution is 6.02. The summed E-state index contributed by atoms with van der Waals surface area (Å²) in [6.07, 6.45) is 0.